The Labute approximate surface area is 151 Å². The van der Waals surface area contributed by atoms with Crippen LogP contribution in [-0.4, -0.2) is 49.3 Å². The molecule has 1 aliphatic rings. The Morgan fingerprint density at radius 1 is 1.12 bits per heavy atom. The highest BCUT2D eigenvalue weighted by atomic mass is 35.5. The van der Waals surface area contributed by atoms with E-state index in [9.17, 15) is 0 Å². The molecule has 0 N–H and O–H groups in total. The minimum absolute atomic E-state index is 0.568. The maximum Gasteiger partial charge on any atom is 0.298 e. The molecule has 0 saturated carbocycles. The van der Waals surface area contributed by atoms with Crippen LogP contribution in [0.15, 0.2) is 51.9 Å². The standard InChI is InChI=1S/C19H19ClN4O/c1-23-7-9-24(10-8-23)19-22-17-11-15(20)16(12-18(17)25-19)21-13-14-5-3-2-4-6-14/h2-6,11-13H,7-10H2,1H3. The van der Waals surface area contributed by atoms with Crippen LogP contribution in [0.2, 0.25) is 5.02 Å². The molecule has 25 heavy (non-hydrogen) atoms. The lowest BCUT2D eigenvalue weighted by molar-refractivity contribution is 0.305. The van der Waals surface area contributed by atoms with E-state index in [0.717, 1.165) is 37.3 Å². The van der Waals surface area contributed by atoms with Gasteiger partial charge in [0.15, 0.2) is 5.58 Å². The zero-order chi connectivity index (χ0) is 17.2. The van der Waals surface area contributed by atoms with Crippen molar-refractivity contribution in [3.63, 3.8) is 0 Å². The normalized spacial score (nSPS) is 16.2. The molecule has 0 spiro atoms. The quantitative estimate of drug-likeness (QED) is 0.667. The number of fused-ring (bicyclic) bond motifs is 1. The largest absolute Gasteiger partial charge is 0.423 e. The predicted molar refractivity (Wildman–Crippen MR) is 102 cm³/mol. The van der Waals surface area contributed by atoms with E-state index in [1.165, 1.54) is 0 Å². The van der Waals surface area contributed by atoms with Crippen LogP contribution in [0.25, 0.3) is 11.1 Å². The van der Waals surface area contributed by atoms with Gasteiger partial charge in [-0.2, -0.15) is 4.98 Å². The highest BCUT2D eigenvalue weighted by Crippen LogP contribution is 2.32. The highest BCUT2D eigenvalue weighted by Gasteiger charge is 2.19. The van der Waals surface area contributed by atoms with Gasteiger partial charge >= 0.3 is 0 Å². The average molecular weight is 355 g/mol. The first-order valence-corrected chi connectivity index (χ1v) is 8.69. The molecule has 0 amide bonds. The average Bonchev–Trinajstić information content (AvgIpc) is 3.04. The molecule has 3 aromatic rings. The fourth-order valence-electron chi connectivity index (χ4n) is 2.84. The van der Waals surface area contributed by atoms with Gasteiger partial charge in [-0.15, -0.1) is 0 Å². The summed E-state index contributed by atoms with van der Waals surface area (Å²) in [7, 11) is 2.13. The first-order valence-electron chi connectivity index (χ1n) is 8.32. The van der Waals surface area contributed by atoms with Gasteiger partial charge in [-0.25, -0.2) is 0 Å². The molecule has 0 unspecified atom stereocenters. The summed E-state index contributed by atoms with van der Waals surface area (Å²) in [6, 6.07) is 14.2. The first kappa shape index (κ1) is 16.1. The molecule has 2 aromatic carbocycles. The number of aliphatic imine (C=N–C) groups is 1. The van der Waals surface area contributed by atoms with Gasteiger partial charge in [0.25, 0.3) is 6.01 Å². The molecule has 1 aliphatic heterocycles. The number of benzene rings is 2. The van der Waals surface area contributed by atoms with Crippen LogP contribution in [0.5, 0.6) is 0 Å². The van der Waals surface area contributed by atoms with Gasteiger partial charge < -0.3 is 14.2 Å². The van der Waals surface area contributed by atoms with E-state index in [0.29, 0.717) is 22.3 Å². The number of piperazine rings is 1. The summed E-state index contributed by atoms with van der Waals surface area (Å²) in [6.07, 6.45) is 1.80. The maximum absolute atomic E-state index is 6.37. The van der Waals surface area contributed by atoms with Gasteiger partial charge in [0.2, 0.25) is 0 Å². The second-order valence-corrected chi connectivity index (χ2v) is 6.63. The minimum atomic E-state index is 0.568. The molecule has 0 radical (unpaired) electrons. The lowest BCUT2D eigenvalue weighted by Gasteiger charge is -2.31. The molecule has 128 valence electrons. The third kappa shape index (κ3) is 3.52. The van der Waals surface area contributed by atoms with Crippen molar-refractivity contribution >= 4 is 40.6 Å². The van der Waals surface area contributed by atoms with Crippen LogP contribution in [-0.2, 0) is 0 Å². The summed E-state index contributed by atoms with van der Waals surface area (Å²) < 4.78 is 5.95. The molecular weight excluding hydrogens is 336 g/mol. The molecule has 1 fully saturated rings. The number of likely N-dealkylation sites (N-methyl/N-ethyl adjacent to an activating group) is 1. The fraction of sp³-hybridized carbons (Fsp3) is 0.263. The second kappa shape index (κ2) is 6.86. The maximum atomic E-state index is 6.37. The van der Waals surface area contributed by atoms with Crippen molar-refractivity contribution in [3.05, 3.63) is 53.1 Å². The number of hydrogen-bond donors (Lipinski definition) is 0. The first-order chi connectivity index (χ1) is 12.2. The third-order valence-corrected chi connectivity index (χ3v) is 4.67. The van der Waals surface area contributed by atoms with Gasteiger partial charge in [-0.3, -0.25) is 4.99 Å². The number of rotatable bonds is 3. The Hall–Kier alpha value is -2.37. The number of halogens is 1. The van der Waals surface area contributed by atoms with Crippen LogP contribution < -0.4 is 4.90 Å². The predicted octanol–water partition coefficient (Wildman–Crippen LogP) is 3.98. The molecule has 0 bridgehead atoms. The van der Waals surface area contributed by atoms with Crippen LogP contribution >= 0.6 is 11.6 Å². The number of aromatic nitrogens is 1. The molecule has 1 saturated heterocycles. The van der Waals surface area contributed by atoms with E-state index in [2.05, 4.69) is 26.8 Å². The monoisotopic (exact) mass is 354 g/mol. The zero-order valence-electron chi connectivity index (χ0n) is 14.0. The summed E-state index contributed by atoms with van der Waals surface area (Å²) in [5, 5.41) is 0.568. The number of oxazole rings is 1. The zero-order valence-corrected chi connectivity index (χ0v) is 14.8. The number of hydrogen-bond acceptors (Lipinski definition) is 5. The minimum Gasteiger partial charge on any atom is -0.423 e. The van der Waals surface area contributed by atoms with Gasteiger partial charge in [-0.1, -0.05) is 41.9 Å². The third-order valence-electron chi connectivity index (χ3n) is 4.37. The molecule has 2 heterocycles. The van der Waals surface area contributed by atoms with Crippen molar-refractivity contribution in [2.45, 2.75) is 0 Å². The Morgan fingerprint density at radius 2 is 1.88 bits per heavy atom. The Kier molecular flexibility index (Phi) is 4.42. The van der Waals surface area contributed by atoms with E-state index < -0.39 is 0 Å². The molecular formula is C19H19ClN4O. The molecule has 1 aromatic heterocycles. The van der Waals surface area contributed by atoms with Crippen molar-refractivity contribution in [3.8, 4) is 0 Å². The van der Waals surface area contributed by atoms with Gasteiger partial charge in [0.05, 0.1) is 10.7 Å². The second-order valence-electron chi connectivity index (χ2n) is 6.23. The lowest BCUT2D eigenvalue weighted by atomic mass is 10.2. The topological polar surface area (TPSA) is 44.9 Å². The molecule has 0 atom stereocenters. The van der Waals surface area contributed by atoms with Crippen molar-refractivity contribution in [1.29, 1.82) is 0 Å². The SMILES string of the molecule is CN1CCN(c2nc3cc(Cl)c(N=Cc4ccccc4)cc3o2)CC1. The van der Waals surface area contributed by atoms with E-state index >= 15 is 0 Å². The van der Waals surface area contributed by atoms with E-state index in [1.807, 2.05) is 42.5 Å². The molecule has 6 heteroatoms. The summed E-state index contributed by atoms with van der Waals surface area (Å²) in [6.45, 7) is 3.84. The Bertz CT molecular complexity index is 898. The van der Waals surface area contributed by atoms with E-state index in [-0.39, 0.29) is 0 Å². The Morgan fingerprint density at radius 3 is 2.64 bits per heavy atom. The van der Waals surface area contributed by atoms with Crippen LogP contribution in [0.3, 0.4) is 0 Å². The molecule has 5 nitrogen and oxygen atoms in total. The van der Waals surface area contributed by atoms with E-state index in [4.69, 9.17) is 16.0 Å². The van der Waals surface area contributed by atoms with Gasteiger partial charge in [-0.05, 0) is 18.7 Å². The van der Waals surface area contributed by atoms with Gasteiger partial charge in [0, 0.05) is 38.5 Å². The van der Waals surface area contributed by atoms with Crippen molar-refractivity contribution in [1.82, 2.24) is 9.88 Å². The summed E-state index contributed by atoms with van der Waals surface area (Å²) in [5.41, 5.74) is 3.17. The Balaban J connectivity index is 1.62. The van der Waals surface area contributed by atoms with Crippen LogP contribution in [0.4, 0.5) is 11.7 Å². The highest BCUT2D eigenvalue weighted by molar-refractivity contribution is 6.33. The van der Waals surface area contributed by atoms with Crippen LogP contribution in [0, 0.1) is 0 Å². The molecule has 4 rings (SSSR count). The van der Waals surface area contributed by atoms with Crippen molar-refractivity contribution < 1.29 is 4.42 Å². The van der Waals surface area contributed by atoms with E-state index in [1.54, 1.807) is 6.21 Å². The fourth-order valence-corrected chi connectivity index (χ4v) is 3.05. The summed E-state index contributed by atoms with van der Waals surface area (Å²) >= 11 is 6.37. The lowest BCUT2D eigenvalue weighted by Crippen LogP contribution is -2.44. The van der Waals surface area contributed by atoms with Crippen molar-refractivity contribution in [2.24, 2.45) is 4.99 Å². The smallest absolute Gasteiger partial charge is 0.298 e. The number of nitrogens with zero attached hydrogens (tertiary/aromatic N) is 4. The summed E-state index contributed by atoms with van der Waals surface area (Å²) in [4.78, 5) is 13.5. The van der Waals surface area contributed by atoms with Gasteiger partial charge in [0.1, 0.15) is 5.52 Å². The molecule has 0 aliphatic carbocycles. The number of anilines is 1. The van der Waals surface area contributed by atoms with Crippen LogP contribution in [0.1, 0.15) is 5.56 Å². The summed E-state index contributed by atoms with van der Waals surface area (Å²) in [5.74, 6) is 0. The van der Waals surface area contributed by atoms with Crippen molar-refractivity contribution in [2.75, 3.05) is 38.1 Å².